The highest BCUT2D eigenvalue weighted by atomic mass is 19.1. The van der Waals surface area contributed by atoms with Gasteiger partial charge in [0.25, 0.3) is 0 Å². The first-order valence-corrected chi connectivity index (χ1v) is 13.5. The van der Waals surface area contributed by atoms with Gasteiger partial charge >= 0.3 is 0 Å². The number of aliphatic hydroxyl groups is 1. The molecule has 2 saturated heterocycles. The van der Waals surface area contributed by atoms with Crippen molar-refractivity contribution in [2.45, 2.75) is 76.7 Å². The predicted octanol–water partition coefficient (Wildman–Crippen LogP) is 4.42. The summed E-state index contributed by atoms with van der Waals surface area (Å²) in [5.74, 6) is 0.139. The lowest BCUT2D eigenvalue weighted by Crippen LogP contribution is -2.45. The van der Waals surface area contributed by atoms with Gasteiger partial charge in [-0.25, -0.2) is 9.37 Å². The highest BCUT2D eigenvalue weighted by molar-refractivity contribution is 5.77. The summed E-state index contributed by atoms with van der Waals surface area (Å²) in [5, 5.41) is 13.0. The molecule has 0 aliphatic carbocycles. The number of piperidine rings is 1. The summed E-state index contributed by atoms with van der Waals surface area (Å²) in [7, 11) is 1.43. The standard InChI is InChI=1S/C30H37FN4O3/c1-19(2)32-29(37)18-34-17-27(33-30(34)22-8-11-26(31)28(14-22)38-3)21-6-4-20(5-7-21)12-13-35-23-9-10-24(35)16-25(36)15-23/h4-8,11,14,17,19,23-25,36H,9-10,12-13,15-16,18H2,1-3H3,(H,32,37). The average molecular weight is 521 g/mol. The van der Waals surface area contributed by atoms with E-state index in [4.69, 9.17) is 9.72 Å². The van der Waals surface area contributed by atoms with E-state index in [1.54, 1.807) is 16.7 Å². The Morgan fingerprint density at radius 3 is 2.47 bits per heavy atom. The summed E-state index contributed by atoms with van der Waals surface area (Å²) in [6.45, 7) is 4.95. The number of benzene rings is 2. The van der Waals surface area contributed by atoms with Crippen LogP contribution in [0.25, 0.3) is 22.6 Å². The van der Waals surface area contributed by atoms with E-state index in [-0.39, 0.29) is 30.3 Å². The van der Waals surface area contributed by atoms with Crippen molar-refractivity contribution in [3.05, 3.63) is 60.0 Å². The molecule has 202 valence electrons. The van der Waals surface area contributed by atoms with Crippen LogP contribution in [0.1, 0.15) is 45.1 Å². The van der Waals surface area contributed by atoms with Crippen LogP contribution in [0.4, 0.5) is 4.39 Å². The number of aliphatic hydroxyl groups excluding tert-OH is 1. The SMILES string of the molecule is COc1cc(-c2nc(-c3ccc(CCN4C5CCC4CC(O)C5)cc3)cn2CC(=O)NC(C)C)ccc1F. The fourth-order valence-electron chi connectivity index (χ4n) is 5.94. The molecule has 2 aliphatic heterocycles. The molecule has 7 nitrogen and oxygen atoms in total. The lowest BCUT2D eigenvalue weighted by atomic mass is 9.99. The third-order valence-electron chi connectivity index (χ3n) is 7.72. The predicted molar refractivity (Wildman–Crippen MR) is 145 cm³/mol. The van der Waals surface area contributed by atoms with E-state index in [0.29, 0.717) is 23.5 Å². The highest BCUT2D eigenvalue weighted by Gasteiger charge is 2.39. The number of methoxy groups -OCH3 is 1. The Bertz CT molecular complexity index is 1260. The van der Waals surface area contributed by atoms with Gasteiger partial charge in [-0.3, -0.25) is 9.69 Å². The van der Waals surface area contributed by atoms with Crippen LogP contribution in [0.2, 0.25) is 0 Å². The maximum atomic E-state index is 14.1. The average Bonchev–Trinajstić information content (AvgIpc) is 3.40. The minimum absolute atomic E-state index is 0.0256. The lowest BCUT2D eigenvalue weighted by molar-refractivity contribution is -0.122. The maximum Gasteiger partial charge on any atom is 0.240 e. The summed E-state index contributed by atoms with van der Waals surface area (Å²) in [4.78, 5) is 20.0. The second-order valence-electron chi connectivity index (χ2n) is 10.8. The molecule has 2 bridgehead atoms. The summed E-state index contributed by atoms with van der Waals surface area (Å²) >= 11 is 0. The first-order valence-electron chi connectivity index (χ1n) is 13.5. The van der Waals surface area contributed by atoms with Crippen molar-refractivity contribution in [3.63, 3.8) is 0 Å². The molecular weight excluding hydrogens is 483 g/mol. The molecule has 3 heterocycles. The molecule has 5 rings (SSSR count). The molecule has 2 atom stereocenters. The molecule has 2 unspecified atom stereocenters. The Kier molecular flexibility index (Phi) is 7.81. The second-order valence-corrected chi connectivity index (χ2v) is 10.8. The van der Waals surface area contributed by atoms with Gasteiger partial charge in [0.2, 0.25) is 5.91 Å². The number of fused-ring (bicyclic) bond motifs is 2. The molecule has 0 spiro atoms. The molecule has 0 radical (unpaired) electrons. The summed E-state index contributed by atoms with van der Waals surface area (Å²) < 4.78 is 21.0. The van der Waals surface area contributed by atoms with Crippen molar-refractivity contribution in [3.8, 4) is 28.4 Å². The number of rotatable bonds is 9. The molecule has 3 aromatic rings. The molecule has 38 heavy (non-hydrogen) atoms. The van der Waals surface area contributed by atoms with Crippen molar-refractivity contribution in [1.82, 2.24) is 19.8 Å². The third-order valence-corrected chi connectivity index (χ3v) is 7.72. The normalized spacial score (nSPS) is 21.2. The number of halogens is 1. The molecule has 2 fully saturated rings. The van der Waals surface area contributed by atoms with Crippen LogP contribution in [0.15, 0.2) is 48.7 Å². The Balaban J connectivity index is 1.35. The van der Waals surface area contributed by atoms with Gasteiger partial charge in [-0.15, -0.1) is 0 Å². The fraction of sp³-hybridized carbons (Fsp3) is 0.467. The smallest absolute Gasteiger partial charge is 0.240 e. The number of hydrogen-bond donors (Lipinski definition) is 2. The summed E-state index contributed by atoms with van der Waals surface area (Å²) in [6, 6.07) is 14.1. The zero-order chi connectivity index (χ0) is 26.8. The molecule has 2 N–H and O–H groups in total. The number of imidazole rings is 1. The first kappa shape index (κ1) is 26.4. The third kappa shape index (κ3) is 5.76. The van der Waals surface area contributed by atoms with Crippen LogP contribution in [-0.4, -0.2) is 63.3 Å². The van der Waals surface area contributed by atoms with Gasteiger partial charge in [0, 0.05) is 42.0 Å². The summed E-state index contributed by atoms with van der Waals surface area (Å²) in [6.07, 6.45) is 6.89. The zero-order valence-electron chi connectivity index (χ0n) is 22.4. The van der Waals surface area contributed by atoms with Gasteiger partial charge in [0.1, 0.15) is 12.4 Å². The van der Waals surface area contributed by atoms with Gasteiger partial charge in [0.05, 0.1) is 18.9 Å². The van der Waals surface area contributed by atoms with E-state index in [9.17, 15) is 14.3 Å². The zero-order valence-corrected chi connectivity index (χ0v) is 22.4. The monoisotopic (exact) mass is 520 g/mol. The number of carbonyl (C=O) groups is 1. The van der Waals surface area contributed by atoms with Crippen LogP contribution < -0.4 is 10.1 Å². The number of ether oxygens (including phenoxy) is 1. The molecule has 8 heteroatoms. The van der Waals surface area contributed by atoms with Crippen molar-refractivity contribution in [2.75, 3.05) is 13.7 Å². The van der Waals surface area contributed by atoms with Crippen molar-refractivity contribution in [2.24, 2.45) is 0 Å². The molecule has 1 aromatic heterocycles. The topological polar surface area (TPSA) is 79.6 Å². The van der Waals surface area contributed by atoms with Gasteiger partial charge < -0.3 is 19.7 Å². The van der Waals surface area contributed by atoms with Crippen molar-refractivity contribution >= 4 is 5.91 Å². The van der Waals surface area contributed by atoms with Crippen molar-refractivity contribution in [1.29, 1.82) is 0 Å². The van der Waals surface area contributed by atoms with Crippen LogP contribution in [0, 0.1) is 5.82 Å². The Hall–Kier alpha value is -3.23. The number of amides is 1. The van der Waals surface area contributed by atoms with E-state index in [0.717, 1.165) is 37.1 Å². The minimum atomic E-state index is -0.448. The Morgan fingerprint density at radius 2 is 1.82 bits per heavy atom. The van der Waals surface area contributed by atoms with E-state index in [1.165, 1.54) is 31.6 Å². The summed E-state index contributed by atoms with van der Waals surface area (Å²) in [5.41, 5.74) is 3.63. The van der Waals surface area contributed by atoms with Gasteiger partial charge in [-0.2, -0.15) is 0 Å². The molecule has 0 saturated carbocycles. The maximum absolute atomic E-state index is 14.1. The highest BCUT2D eigenvalue weighted by Crippen LogP contribution is 2.36. The van der Waals surface area contributed by atoms with Crippen LogP contribution in [0.3, 0.4) is 0 Å². The quantitative estimate of drug-likeness (QED) is 0.437. The number of hydrogen-bond acceptors (Lipinski definition) is 5. The molecule has 2 aromatic carbocycles. The molecule has 1 amide bonds. The Morgan fingerprint density at radius 1 is 1.13 bits per heavy atom. The fourth-order valence-corrected chi connectivity index (χ4v) is 5.94. The first-order chi connectivity index (χ1) is 18.3. The van der Waals surface area contributed by atoms with Gasteiger partial charge in [-0.1, -0.05) is 24.3 Å². The number of aromatic nitrogens is 2. The Labute approximate surface area is 223 Å². The number of nitrogens with one attached hydrogen (secondary N) is 1. The minimum Gasteiger partial charge on any atom is -0.494 e. The largest absolute Gasteiger partial charge is 0.494 e. The van der Waals surface area contributed by atoms with E-state index in [1.807, 2.05) is 20.0 Å². The van der Waals surface area contributed by atoms with Gasteiger partial charge in [0.15, 0.2) is 11.6 Å². The van der Waals surface area contributed by atoms with Crippen LogP contribution >= 0.6 is 0 Å². The van der Waals surface area contributed by atoms with Crippen LogP contribution in [-0.2, 0) is 17.8 Å². The van der Waals surface area contributed by atoms with E-state index < -0.39 is 5.82 Å². The van der Waals surface area contributed by atoms with Crippen LogP contribution in [0.5, 0.6) is 5.75 Å². The lowest BCUT2D eigenvalue weighted by Gasteiger charge is -2.37. The number of nitrogens with zero attached hydrogens (tertiary/aromatic N) is 3. The molecule has 2 aliphatic rings. The van der Waals surface area contributed by atoms with E-state index in [2.05, 4.69) is 34.5 Å². The van der Waals surface area contributed by atoms with E-state index >= 15 is 0 Å². The number of carbonyl (C=O) groups excluding carboxylic acids is 1. The molecular formula is C30H37FN4O3. The van der Waals surface area contributed by atoms with Gasteiger partial charge in [-0.05, 0) is 69.7 Å². The second kappa shape index (κ2) is 11.3. The van der Waals surface area contributed by atoms with Crippen molar-refractivity contribution < 1.29 is 19.0 Å².